The maximum absolute atomic E-state index is 11.9. The van der Waals surface area contributed by atoms with Crippen molar-refractivity contribution in [2.45, 2.75) is 39.2 Å². The van der Waals surface area contributed by atoms with Gasteiger partial charge >= 0.3 is 12.0 Å². The van der Waals surface area contributed by atoms with Gasteiger partial charge in [0.25, 0.3) is 0 Å². The summed E-state index contributed by atoms with van der Waals surface area (Å²) in [5.74, 6) is -0.691. The molecule has 0 aromatic heterocycles. The van der Waals surface area contributed by atoms with Gasteiger partial charge in [0.15, 0.2) is 0 Å². The van der Waals surface area contributed by atoms with Crippen LogP contribution in [-0.4, -0.2) is 53.6 Å². The molecule has 0 spiro atoms. The highest BCUT2D eigenvalue weighted by atomic mass is 16.4. The molecule has 20 heavy (non-hydrogen) atoms. The van der Waals surface area contributed by atoms with Gasteiger partial charge in [0.1, 0.15) is 6.04 Å². The van der Waals surface area contributed by atoms with E-state index in [9.17, 15) is 14.4 Å². The van der Waals surface area contributed by atoms with Crippen molar-refractivity contribution in [2.75, 3.05) is 19.6 Å². The number of carboxylic acid groups (broad SMARTS) is 1. The quantitative estimate of drug-likeness (QED) is 0.658. The van der Waals surface area contributed by atoms with Crippen LogP contribution in [0, 0.1) is 5.92 Å². The summed E-state index contributed by atoms with van der Waals surface area (Å²) in [5, 5.41) is 14.1. The SMILES string of the molecule is CC(CCNC(=O)N1CCNC(=O)C1C)CCC(=O)O. The lowest BCUT2D eigenvalue weighted by atomic mass is 10.0. The van der Waals surface area contributed by atoms with Gasteiger partial charge in [-0.15, -0.1) is 0 Å². The number of amides is 3. The van der Waals surface area contributed by atoms with Crippen LogP contribution in [0.2, 0.25) is 0 Å². The van der Waals surface area contributed by atoms with Gasteiger partial charge < -0.3 is 20.6 Å². The Morgan fingerprint density at radius 3 is 2.85 bits per heavy atom. The van der Waals surface area contributed by atoms with Crippen molar-refractivity contribution in [3.8, 4) is 0 Å². The first kappa shape index (κ1) is 16.3. The molecule has 114 valence electrons. The maximum Gasteiger partial charge on any atom is 0.318 e. The highest BCUT2D eigenvalue weighted by molar-refractivity contribution is 5.87. The number of urea groups is 1. The second kappa shape index (κ2) is 7.72. The van der Waals surface area contributed by atoms with Crippen LogP contribution in [0.3, 0.4) is 0 Å². The van der Waals surface area contributed by atoms with E-state index in [-0.39, 0.29) is 24.3 Å². The van der Waals surface area contributed by atoms with Gasteiger partial charge in [0.2, 0.25) is 5.91 Å². The van der Waals surface area contributed by atoms with Crippen molar-refractivity contribution in [3.63, 3.8) is 0 Å². The summed E-state index contributed by atoms with van der Waals surface area (Å²) in [6.45, 7) is 5.14. The number of hydrogen-bond donors (Lipinski definition) is 3. The molecule has 0 aliphatic carbocycles. The largest absolute Gasteiger partial charge is 0.481 e. The van der Waals surface area contributed by atoms with E-state index in [0.717, 1.165) is 6.42 Å². The Balaban J connectivity index is 2.25. The fourth-order valence-corrected chi connectivity index (χ4v) is 2.10. The predicted molar refractivity (Wildman–Crippen MR) is 73.2 cm³/mol. The van der Waals surface area contributed by atoms with Crippen molar-refractivity contribution >= 4 is 17.9 Å². The molecule has 0 aromatic rings. The maximum atomic E-state index is 11.9. The van der Waals surface area contributed by atoms with E-state index in [2.05, 4.69) is 10.6 Å². The zero-order valence-corrected chi connectivity index (χ0v) is 12.0. The van der Waals surface area contributed by atoms with Crippen LogP contribution in [-0.2, 0) is 9.59 Å². The second-order valence-electron chi connectivity index (χ2n) is 5.22. The molecule has 3 N–H and O–H groups in total. The van der Waals surface area contributed by atoms with E-state index in [1.54, 1.807) is 6.92 Å². The van der Waals surface area contributed by atoms with Crippen molar-refractivity contribution < 1.29 is 19.5 Å². The fraction of sp³-hybridized carbons (Fsp3) is 0.769. The molecule has 7 nitrogen and oxygen atoms in total. The Bertz CT molecular complexity index is 373. The Labute approximate surface area is 118 Å². The number of carbonyl (C=O) groups is 3. The third-order valence-electron chi connectivity index (χ3n) is 3.52. The van der Waals surface area contributed by atoms with E-state index >= 15 is 0 Å². The molecular formula is C13H23N3O4. The lowest BCUT2D eigenvalue weighted by Gasteiger charge is -2.32. The molecule has 0 aromatic carbocycles. The summed E-state index contributed by atoms with van der Waals surface area (Å²) in [4.78, 5) is 35.4. The number of aliphatic carboxylic acids is 1. The first-order valence-corrected chi connectivity index (χ1v) is 6.95. The van der Waals surface area contributed by atoms with Gasteiger partial charge in [-0.05, 0) is 25.7 Å². The van der Waals surface area contributed by atoms with Gasteiger partial charge in [-0.1, -0.05) is 6.92 Å². The number of nitrogens with one attached hydrogen (secondary N) is 2. The minimum Gasteiger partial charge on any atom is -0.481 e. The van der Waals surface area contributed by atoms with Crippen LogP contribution in [0.4, 0.5) is 4.79 Å². The summed E-state index contributed by atoms with van der Waals surface area (Å²) in [7, 11) is 0. The topological polar surface area (TPSA) is 98.7 Å². The number of carbonyl (C=O) groups excluding carboxylic acids is 2. The minimum absolute atomic E-state index is 0.138. The second-order valence-corrected chi connectivity index (χ2v) is 5.22. The molecule has 0 radical (unpaired) electrons. The summed E-state index contributed by atoms with van der Waals surface area (Å²) >= 11 is 0. The highest BCUT2D eigenvalue weighted by Crippen LogP contribution is 2.09. The van der Waals surface area contributed by atoms with Crippen LogP contribution in [0.1, 0.15) is 33.1 Å². The molecule has 1 rings (SSSR count). The number of rotatable bonds is 6. The van der Waals surface area contributed by atoms with Gasteiger partial charge in [0, 0.05) is 26.1 Å². The van der Waals surface area contributed by atoms with Crippen LogP contribution >= 0.6 is 0 Å². The Morgan fingerprint density at radius 1 is 1.50 bits per heavy atom. The zero-order chi connectivity index (χ0) is 15.1. The van der Waals surface area contributed by atoms with Crippen molar-refractivity contribution in [3.05, 3.63) is 0 Å². The minimum atomic E-state index is -0.797. The van der Waals surface area contributed by atoms with Crippen LogP contribution in [0.15, 0.2) is 0 Å². The normalized spacial score (nSPS) is 20.2. The average molecular weight is 285 g/mol. The Hall–Kier alpha value is -1.79. The molecule has 7 heteroatoms. The van der Waals surface area contributed by atoms with E-state index in [4.69, 9.17) is 5.11 Å². The summed E-state index contributed by atoms with van der Waals surface area (Å²) in [6.07, 6.45) is 1.49. The van der Waals surface area contributed by atoms with E-state index < -0.39 is 12.0 Å². The fourth-order valence-electron chi connectivity index (χ4n) is 2.10. The van der Waals surface area contributed by atoms with E-state index in [1.165, 1.54) is 4.90 Å². The van der Waals surface area contributed by atoms with Crippen LogP contribution in [0.5, 0.6) is 0 Å². The zero-order valence-electron chi connectivity index (χ0n) is 12.0. The molecular weight excluding hydrogens is 262 g/mol. The molecule has 1 fully saturated rings. The molecule has 1 aliphatic heterocycles. The van der Waals surface area contributed by atoms with Crippen molar-refractivity contribution in [1.82, 2.24) is 15.5 Å². The lowest BCUT2D eigenvalue weighted by Crippen LogP contribution is -2.58. The number of carboxylic acids is 1. The van der Waals surface area contributed by atoms with Gasteiger partial charge in [-0.3, -0.25) is 9.59 Å². The van der Waals surface area contributed by atoms with Crippen molar-refractivity contribution in [1.29, 1.82) is 0 Å². The number of hydrogen-bond acceptors (Lipinski definition) is 3. The van der Waals surface area contributed by atoms with Crippen LogP contribution < -0.4 is 10.6 Å². The standard InChI is InChI=1S/C13H23N3O4/c1-9(3-4-11(17)18)5-6-15-13(20)16-8-7-14-12(19)10(16)2/h9-10H,3-8H2,1-2H3,(H,14,19)(H,15,20)(H,17,18). The molecule has 1 saturated heterocycles. The summed E-state index contributed by atoms with van der Waals surface area (Å²) in [6, 6.07) is -0.689. The van der Waals surface area contributed by atoms with Crippen molar-refractivity contribution in [2.24, 2.45) is 5.92 Å². The highest BCUT2D eigenvalue weighted by Gasteiger charge is 2.28. The molecule has 2 atom stereocenters. The molecule has 0 saturated carbocycles. The number of piperazine rings is 1. The molecule has 0 bridgehead atoms. The Kier molecular flexibility index (Phi) is 6.27. The number of nitrogens with zero attached hydrogens (tertiary/aromatic N) is 1. The van der Waals surface area contributed by atoms with E-state index in [0.29, 0.717) is 26.1 Å². The third-order valence-corrected chi connectivity index (χ3v) is 3.52. The summed E-state index contributed by atoms with van der Waals surface area (Å²) < 4.78 is 0. The monoisotopic (exact) mass is 285 g/mol. The third kappa shape index (κ3) is 5.07. The first-order valence-electron chi connectivity index (χ1n) is 6.95. The van der Waals surface area contributed by atoms with Gasteiger partial charge in [0.05, 0.1) is 0 Å². The van der Waals surface area contributed by atoms with Crippen LogP contribution in [0.25, 0.3) is 0 Å². The smallest absolute Gasteiger partial charge is 0.318 e. The first-order chi connectivity index (χ1) is 9.41. The van der Waals surface area contributed by atoms with E-state index in [1.807, 2.05) is 6.92 Å². The molecule has 1 heterocycles. The van der Waals surface area contributed by atoms with Gasteiger partial charge in [-0.2, -0.15) is 0 Å². The Morgan fingerprint density at radius 2 is 2.20 bits per heavy atom. The molecule has 3 amide bonds. The lowest BCUT2D eigenvalue weighted by molar-refractivity contribution is -0.137. The molecule has 1 aliphatic rings. The van der Waals surface area contributed by atoms with Gasteiger partial charge in [-0.25, -0.2) is 4.79 Å². The predicted octanol–water partition coefficient (Wildman–Crippen LogP) is 0.407. The average Bonchev–Trinajstić information content (AvgIpc) is 2.39. The molecule has 2 unspecified atom stereocenters. The summed E-state index contributed by atoms with van der Waals surface area (Å²) in [5.41, 5.74) is 0.